The van der Waals surface area contributed by atoms with Crippen molar-refractivity contribution in [1.29, 1.82) is 0 Å². The molecule has 2 aromatic rings. The third kappa shape index (κ3) is 3.71. The molecular weight excluding hydrogens is 387 g/mol. The van der Waals surface area contributed by atoms with E-state index in [-0.39, 0.29) is 0 Å². The van der Waals surface area contributed by atoms with Crippen LogP contribution in [0.4, 0.5) is 5.69 Å². The molecule has 0 amide bonds. The van der Waals surface area contributed by atoms with Crippen LogP contribution in [0.1, 0.15) is 5.56 Å². The monoisotopic (exact) mass is 402 g/mol. The van der Waals surface area contributed by atoms with Gasteiger partial charge in [-0.05, 0) is 59.5 Å². The average molecular weight is 402 g/mol. The molecule has 2 N–H and O–H groups in total. The van der Waals surface area contributed by atoms with Gasteiger partial charge < -0.3 is 5.32 Å². The van der Waals surface area contributed by atoms with Crippen LogP contribution in [0.15, 0.2) is 53.4 Å². The molecule has 0 atom stereocenters. The number of sulfonamides is 1. The Labute approximate surface area is 132 Å². The highest BCUT2D eigenvalue weighted by molar-refractivity contribution is 14.1. The SMILES string of the molecule is CNCc1ccccc1S(=O)(=O)Nc1cccc(I)c1. The maximum absolute atomic E-state index is 12.5. The van der Waals surface area contributed by atoms with E-state index in [1.54, 1.807) is 37.4 Å². The van der Waals surface area contributed by atoms with Crippen molar-refractivity contribution >= 4 is 38.3 Å². The summed E-state index contributed by atoms with van der Waals surface area (Å²) in [5.74, 6) is 0. The second-order valence-electron chi connectivity index (χ2n) is 4.25. The molecule has 6 heteroatoms. The molecule has 0 unspecified atom stereocenters. The third-order valence-electron chi connectivity index (χ3n) is 2.71. The molecule has 2 aromatic carbocycles. The molecule has 0 aliphatic rings. The highest BCUT2D eigenvalue weighted by Crippen LogP contribution is 2.20. The quantitative estimate of drug-likeness (QED) is 0.757. The summed E-state index contributed by atoms with van der Waals surface area (Å²) in [5, 5.41) is 2.98. The van der Waals surface area contributed by atoms with E-state index in [0.29, 0.717) is 17.1 Å². The van der Waals surface area contributed by atoms with E-state index in [1.807, 2.05) is 18.2 Å². The summed E-state index contributed by atoms with van der Waals surface area (Å²) in [6.45, 7) is 0.503. The van der Waals surface area contributed by atoms with Gasteiger partial charge in [-0.1, -0.05) is 24.3 Å². The molecular formula is C14H15IN2O2S. The molecule has 0 aliphatic carbocycles. The van der Waals surface area contributed by atoms with E-state index >= 15 is 0 Å². The Balaban J connectivity index is 2.36. The zero-order chi connectivity index (χ0) is 14.6. The molecule has 20 heavy (non-hydrogen) atoms. The van der Waals surface area contributed by atoms with Crippen molar-refractivity contribution in [2.45, 2.75) is 11.4 Å². The van der Waals surface area contributed by atoms with Crippen molar-refractivity contribution < 1.29 is 8.42 Å². The molecule has 4 nitrogen and oxygen atoms in total. The molecule has 0 bridgehead atoms. The van der Waals surface area contributed by atoms with E-state index in [1.165, 1.54) is 0 Å². The van der Waals surface area contributed by atoms with Gasteiger partial charge in [0.15, 0.2) is 0 Å². The maximum Gasteiger partial charge on any atom is 0.262 e. The number of halogens is 1. The molecule has 0 radical (unpaired) electrons. The fourth-order valence-corrected chi connectivity index (χ4v) is 3.70. The lowest BCUT2D eigenvalue weighted by molar-refractivity contribution is 0.599. The summed E-state index contributed by atoms with van der Waals surface area (Å²) in [5.41, 5.74) is 1.31. The van der Waals surface area contributed by atoms with Crippen LogP contribution in [0.25, 0.3) is 0 Å². The van der Waals surface area contributed by atoms with Crippen LogP contribution < -0.4 is 10.0 Å². The predicted molar refractivity (Wildman–Crippen MR) is 89.2 cm³/mol. The fraction of sp³-hybridized carbons (Fsp3) is 0.143. The normalized spacial score (nSPS) is 11.3. The average Bonchev–Trinajstić information content (AvgIpc) is 2.39. The van der Waals surface area contributed by atoms with Crippen molar-refractivity contribution in [2.75, 3.05) is 11.8 Å². The Hall–Kier alpha value is -1.12. The minimum absolute atomic E-state index is 0.299. The molecule has 0 aromatic heterocycles. The summed E-state index contributed by atoms with van der Waals surface area (Å²) in [7, 11) is -1.79. The lowest BCUT2D eigenvalue weighted by Gasteiger charge is -2.12. The van der Waals surface area contributed by atoms with Crippen LogP contribution in [-0.4, -0.2) is 15.5 Å². The molecule has 2 rings (SSSR count). The van der Waals surface area contributed by atoms with Gasteiger partial charge >= 0.3 is 0 Å². The summed E-state index contributed by atoms with van der Waals surface area (Å²) in [6.07, 6.45) is 0. The first-order valence-corrected chi connectivity index (χ1v) is 8.60. The van der Waals surface area contributed by atoms with Crippen LogP contribution in [0.5, 0.6) is 0 Å². The van der Waals surface area contributed by atoms with Crippen molar-refractivity contribution in [3.05, 3.63) is 57.7 Å². The Morgan fingerprint density at radius 1 is 1.10 bits per heavy atom. The number of hydrogen-bond acceptors (Lipinski definition) is 3. The largest absolute Gasteiger partial charge is 0.316 e. The van der Waals surface area contributed by atoms with E-state index in [0.717, 1.165) is 9.13 Å². The lowest BCUT2D eigenvalue weighted by atomic mass is 10.2. The second kappa shape index (κ2) is 6.55. The van der Waals surface area contributed by atoms with Gasteiger partial charge in [-0.25, -0.2) is 8.42 Å². The lowest BCUT2D eigenvalue weighted by Crippen LogP contribution is -2.17. The van der Waals surface area contributed by atoms with Crippen molar-refractivity contribution in [2.24, 2.45) is 0 Å². The Morgan fingerprint density at radius 2 is 1.85 bits per heavy atom. The van der Waals surface area contributed by atoms with Gasteiger partial charge in [-0.3, -0.25) is 4.72 Å². The van der Waals surface area contributed by atoms with E-state index in [2.05, 4.69) is 32.6 Å². The smallest absolute Gasteiger partial charge is 0.262 e. The van der Waals surface area contributed by atoms with Crippen LogP contribution >= 0.6 is 22.6 Å². The molecule has 106 valence electrons. The van der Waals surface area contributed by atoms with Gasteiger partial charge in [0.25, 0.3) is 10.0 Å². The first kappa shape index (κ1) is 15.3. The van der Waals surface area contributed by atoms with Crippen LogP contribution in [-0.2, 0) is 16.6 Å². The van der Waals surface area contributed by atoms with E-state index in [4.69, 9.17) is 0 Å². The molecule has 0 heterocycles. The van der Waals surface area contributed by atoms with Gasteiger partial charge in [-0.15, -0.1) is 0 Å². The van der Waals surface area contributed by atoms with Gasteiger partial charge in [0.1, 0.15) is 0 Å². The highest BCUT2D eigenvalue weighted by atomic mass is 127. The van der Waals surface area contributed by atoms with Gasteiger partial charge in [0, 0.05) is 15.8 Å². The molecule has 0 fully saturated rings. The molecule has 0 spiro atoms. The van der Waals surface area contributed by atoms with Crippen LogP contribution in [0.2, 0.25) is 0 Å². The highest BCUT2D eigenvalue weighted by Gasteiger charge is 2.17. The second-order valence-corrected chi connectivity index (χ2v) is 7.15. The maximum atomic E-state index is 12.5. The minimum Gasteiger partial charge on any atom is -0.316 e. The number of benzene rings is 2. The fourth-order valence-electron chi connectivity index (χ4n) is 1.86. The van der Waals surface area contributed by atoms with Gasteiger partial charge in [0.2, 0.25) is 0 Å². The first-order valence-electron chi connectivity index (χ1n) is 6.04. The number of nitrogens with one attached hydrogen (secondary N) is 2. The summed E-state index contributed by atoms with van der Waals surface area (Å²) in [4.78, 5) is 0.299. The summed E-state index contributed by atoms with van der Waals surface area (Å²) < 4.78 is 28.5. The van der Waals surface area contributed by atoms with E-state index < -0.39 is 10.0 Å². The van der Waals surface area contributed by atoms with Gasteiger partial charge in [0.05, 0.1) is 4.90 Å². The van der Waals surface area contributed by atoms with E-state index in [9.17, 15) is 8.42 Å². The zero-order valence-corrected chi connectivity index (χ0v) is 13.9. The molecule has 0 aliphatic heterocycles. The summed E-state index contributed by atoms with van der Waals surface area (Å²) in [6, 6.07) is 14.2. The third-order valence-corrected chi connectivity index (χ3v) is 4.86. The van der Waals surface area contributed by atoms with Gasteiger partial charge in [-0.2, -0.15) is 0 Å². The van der Waals surface area contributed by atoms with Crippen molar-refractivity contribution in [3.8, 4) is 0 Å². The van der Waals surface area contributed by atoms with Crippen molar-refractivity contribution in [1.82, 2.24) is 5.32 Å². The van der Waals surface area contributed by atoms with Crippen molar-refractivity contribution in [3.63, 3.8) is 0 Å². The minimum atomic E-state index is -3.58. The standard InChI is InChI=1S/C14H15IN2O2S/c1-16-10-11-5-2-3-8-14(11)20(18,19)17-13-7-4-6-12(15)9-13/h2-9,16-17H,10H2,1H3. The number of rotatable bonds is 5. The number of hydrogen-bond donors (Lipinski definition) is 2. The van der Waals surface area contributed by atoms with Crippen LogP contribution in [0.3, 0.4) is 0 Å². The Morgan fingerprint density at radius 3 is 2.55 bits per heavy atom. The predicted octanol–water partition coefficient (Wildman–Crippen LogP) is 2.81. The topological polar surface area (TPSA) is 58.2 Å². The first-order chi connectivity index (χ1) is 9.53. The number of anilines is 1. The summed E-state index contributed by atoms with van der Waals surface area (Å²) >= 11 is 2.15. The Kier molecular flexibility index (Phi) is 5.00. The Bertz CT molecular complexity index is 702. The van der Waals surface area contributed by atoms with Crippen LogP contribution in [0, 0.1) is 3.57 Å². The molecule has 0 saturated heterocycles. The molecule has 0 saturated carbocycles. The zero-order valence-electron chi connectivity index (χ0n) is 10.9.